The van der Waals surface area contributed by atoms with Crippen LogP contribution in [0.15, 0.2) is 0 Å². The molecule has 13 heteroatoms. The highest BCUT2D eigenvalue weighted by molar-refractivity contribution is 5.76. The van der Waals surface area contributed by atoms with Crippen molar-refractivity contribution in [2.75, 3.05) is 20.2 Å². The average Bonchev–Trinajstić information content (AvgIpc) is 2.72. The molecule has 0 spiro atoms. The highest BCUT2D eigenvalue weighted by atomic mass is 16.8. The van der Waals surface area contributed by atoms with Crippen molar-refractivity contribution in [2.24, 2.45) is 11.5 Å². The fourth-order valence-electron chi connectivity index (χ4n) is 4.22. The van der Waals surface area contributed by atoms with Crippen LogP contribution in [-0.4, -0.2) is 114 Å². The van der Waals surface area contributed by atoms with Crippen molar-refractivity contribution in [3.8, 4) is 0 Å². The van der Waals surface area contributed by atoms with Crippen molar-refractivity contribution >= 4 is 5.91 Å². The standard InChI is InChI=1S/C18H34N4O9/c1-21-13-14(26)15-10(4-7(20)16(27)30-15)28-18(13)31-17-9(24)5-8(11(6-23)29-17)22-12(25)2-3-19/h7-11,13-18,21,23-24,26-27H,2-6,19-20H2,1H3,(H,22,25)/t7-,8-,9-,10-,11?,13?,14?,15?,16?,17?,18?/m0/s1. The zero-order valence-corrected chi connectivity index (χ0v) is 17.4. The molecule has 3 aliphatic rings. The van der Waals surface area contributed by atoms with Crippen LogP contribution in [0.4, 0.5) is 0 Å². The molecule has 3 aliphatic heterocycles. The maximum Gasteiger partial charge on any atom is 0.221 e. The Morgan fingerprint density at radius 1 is 1.16 bits per heavy atom. The zero-order valence-electron chi connectivity index (χ0n) is 17.4. The van der Waals surface area contributed by atoms with Crippen LogP contribution < -0.4 is 22.1 Å². The Bertz CT molecular complexity index is 600. The van der Waals surface area contributed by atoms with E-state index >= 15 is 0 Å². The smallest absolute Gasteiger partial charge is 0.221 e. The minimum absolute atomic E-state index is 0.0813. The van der Waals surface area contributed by atoms with E-state index in [-0.39, 0.29) is 31.7 Å². The molecule has 0 aromatic heterocycles. The Morgan fingerprint density at radius 3 is 2.55 bits per heavy atom. The lowest BCUT2D eigenvalue weighted by Crippen LogP contribution is -2.68. The molecule has 3 rings (SSSR count). The predicted octanol–water partition coefficient (Wildman–Crippen LogP) is -4.59. The van der Waals surface area contributed by atoms with Gasteiger partial charge in [0, 0.05) is 19.4 Å². The quantitative estimate of drug-likeness (QED) is 0.184. The van der Waals surface area contributed by atoms with Crippen molar-refractivity contribution in [1.82, 2.24) is 10.6 Å². The van der Waals surface area contributed by atoms with Crippen LogP contribution in [0.1, 0.15) is 19.3 Å². The first kappa shape index (κ1) is 24.7. The Labute approximate surface area is 179 Å². The molecule has 3 heterocycles. The summed E-state index contributed by atoms with van der Waals surface area (Å²) < 4.78 is 22.9. The monoisotopic (exact) mass is 450 g/mol. The van der Waals surface area contributed by atoms with Crippen LogP contribution in [0, 0.1) is 0 Å². The largest absolute Gasteiger partial charge is 0.394 e. The van der Waals surface area contributed by atoms with Crippen LogP contribution in [-0.2, 0) is 23.7 Å². The number of likely N-dealkylation sites (N-methyl/N-ethyl adjacent to an activating group) is 1. The van der Waals surface area contributed by atoms with Crippen LogP contribution in [0.3, 0.4) is 0 Å². The molecule has 0 aromatic carbocycles. The summed E-state index contributed by atoms with van der Waals surface area (Å²) in [4.78, 5) is 11.8. The Hall–Kier alpha value is -0.970. The van der Waals surface area contributed by atoms with Crippen molar-refractivity contribution < 1.29 is 44.2 Å². The van der Waals surface area contributed by atoms with E-state index in [0.29, 0.717) is 0 Å². The number of carbonyl (C=O) groups is 1. The van der Waals surface area contributed by atoms with Gasteiger partial charge in [-0.1, -0.05) is 0 Å². The molecule has 0 aromatic rings. The first-order valence-corrected chi connectivity index (χ1v) is 10.5. The number of rotatable bonds is 7. The number of aliphatic hydroxyl groups excluding tert-OH is 4. The molecule has 0 radical (unpaired) electrons. The first-order chi connectivity index (χ1) is 14.8. The van der Waals surface area contributed by atoms with Gasteiger partial charge in [-0.2, -0.15) is 0 Å². The second-order valence-electron chi connectivity index (χ2n) is 8.12. The van der Waals surface area contributed by atoms with E-state index in [1.54, 1.807) is 7.05 Å². The fraction of sp³-hybridized carbons (Fsp3) is 0.944. The zero-order chi connectivity index (χ0) is 22.7. The molecule has 0 saturated carbocycles. The second-order valence-corrected chi connectivity index (χ2v) is 8.12. The Balaban J connectivity index is 1.65. The summed E-state index contributed by atoms with van der Waals surface area (Å²) in [5, 5.41) is 46.4. The minimum Gasteiger partial charge on any atom is -0.394 e. The van der Waals surface area contributed by atoms with Crippen molar-refractivity contribution in [3.63, 3.8) is 0 Å². The molecule has 11 atom stereocenters. The van der Waals surface area contributed by atoms with Gasteiger partial charge in [0.1, 0.15) is 24.4 Å². The van der Waals surface area contributed by atoms with Crippen molar-refractivity contribution in [1.29, 1.82) is 0 Å². The summed E-state index contributed by atoms with van der Waals surface area (Å²) in [5.41, 5.74) is 11.2. The Kier molecular flexibility index (Phi) is 8.57. The number of aliphatic hydroxyl groups is 4. The average molecular weight is 450 g/mol. The lowest BCUT2D eigenvalue weighted by atomic mass is 9.90. The molecule has 3 fully saturated rings. The number of amides is 1. The van der Waals surface area contributed by atoms with Gasteiger partial charge in [0.15, 0.2) is 18.9 Å². The number of nitrogens with one attached hydrogen (secondary N) is 2. The summed E-state index contributed by atoms with van der Waals surface area (Å²) >= 11 is 0. The third-order valence-corrected chi connectivity index (χ3v) is 5.91. The van der Waals surface area contributed by atoms with Crippen LogP contribution in [0.5, 0.6) is 0 Å². The summed E-state index contributed by atoms with van der Waals surface area (Å²) in [5.74, 6) is -0.308. The molecular formula is C18H34N4O9. The molecule has 0 aliphatic carbocycles. The van der Waals surface area contributed by atoms with Gasteiger partial charge in [0.25, 0.3) is 0 Å². The van der Waals surface area contributed by atoms with E-state index in [4.69, 9.17) is 30.4 Å². The van der Waals surface area contributed by atoms with Crippen LogP contribution in [0.25, 0.3) is 0 Å². The van der Waals surface area contributed by atoms with Crippen LogP contribution in [0.2, 0.25) is 0 Å². The van der Waals surface area contributed by atoms with Gasteiger partial charge in [0.2, 0.25) is 5.91 Å². The minimum atomic E-state index is -1.21. The van der Waals surface area contributed by atoms with E-state index in [9.17, 15) is 25.2 Å². The summed E-state index contributed by atoms with van der Waals surface area (Å²) in [6.07, 6.45) is -7.47. The molecule has 3 saturated heterocycles. The normalized spacial score (nSPS) is 45.7. The molecule has 180 valence electrons. The molecular weight excluding hydrogens is 416 g/mol. The van der Waals surface area contributed by atoms with Gasteiger partial charge in [0.05, 0.1) is 30.8 Å². The molecule has 7 unspecified atom stereocenters. The highest BCUT2D eigenvalue weighted by Crippen LogP contribution is 2.33. The van der Waals surface area contributed by atoms with Gasteiger partial charge in [-0.25, -0.2) is 0 Å². The van der Waals surface area contributed by atoms with E-state index in [1.165, 1.54) is 0 Å². The Morgan fingerprint density at radius 2 is 1.90 bits per heavy atom. The molecule has 31 heavy (non-hydrogen) atoms. The number of fused-ring (bicyclic) bond motifs is 1. The van der Waals surface area contributed by atoms with E-state index in [2.05, 4.69) is 10.6 Å². The third-order valence-electron chi connectivity index (χ3n) is 5.91. The fourth-order valence-corrected chi connectivity index (χ4v) is 4.22. The van der Waals surface area contributed by atoms with E-state index in [0.717, 1.165) is 0 Å². The first-order valence-electron chi connectivity index (χ1n) is 10.5. The number of hydrogen-bond donors (Lipinski definition) is 8. The number of hydrogen-bond acceptors (Lipinski definition) is 12. The maximum atomic E-state index is 11.8. The third kappa shape index (κ3) is 5.51. The number of nitrogens with two attached hydrogens (primary N) is 2. The second kappa shape index (κ2) is 10.8. The van der Waals surface area contributed by atoms with Crippen LogP contribution >= 0.6 is 0 Å². The number of ether oxygens (including phenoxy) is 4. The SMILES string of the molecule is CNC1C(OC2OC(CO)[C@@H](NC(=O)CCN)C[C@@H]2O)O[C@H]2C[C@H](N)C(O)OC2C1O. The lowest BCUT2D eigenvalue weighted by molar-refractivity contribution is -0.361. The molecule has 1 amide bonds. The summed E-state index contributed by atoms with van der Waals surface area (Å²) in [6, 6.07) is -2.06. The van der Waals surface area contributed by atoms with Crippen molar-refractivity contribution in [3.05, 3.63) is 0 Å². The van der Waals surface area contributed by atoms with Gasteiger partial charge in [-0.3, -0.25) is 4.79 Å². The van der Waals surface area contributed by atoms with Crippen molar-refractivity contribution in [2.45, 2.75) is 86.8 Å². The van der Waals surface area contributed by atoms with E-state index < -0.39 is 74.1 Å². The number of carbonyl (C=O) groups excluding carboxylic acids is 1. The highest BCUT2D eigenvalue weighted by Gasteiger charge is 2.51. The van der Waals surface area contributed by atoms with Gasteiger partial charge < -0.3 is 61.5 Å². The molecule has 13 nitrogen and oxygen atoms in total. The van der Waals surface area contributed by atoms with Gasteiger partial charge in [-0.05, 0) is 13.5 Å². The maximum absolute atomic E-state index is 11.8. The van der Waals surface area contributed by atoms with Gasteiger partial charge in [-0.15, -0.1) is 0 Å². The predicted molar refractivity (Wildman–Crippen MR) is 104 cm³/mol. The lowest BCUT2D eigenvalue weighted by Gasteiger charge is -2.49. The topological polar surface area (TPSA) is 211 Å². The summed E-state index contributed by atoms with van der Waals surface area (Å²) in [6.45, 7) is -0.230. The van der Waals surface area contributed by atoms with E-state index in [1.807, 2.05) is 0 Å². The molecule has 0 bridgehead atoms. The molecule has 10 N–H and O–H groups in total. The van der Waals surface area contributed by atoms with Gasteiger partial charge >= 0.3 is 0 Å². The summed E-state index contributed by atoms with van der Waals surface area (Å²) in [7, 11) is 1.59.